The van der Waals surface area contributed by atoms with E-state index in [-0.39, 0.29) is 0 Å². The first-order valence-corrected chi connectivity index (χ1v) is 10.2. The summed E-state index contributed by atoms with van der Waals surface area (Å²) in [5.74, 6) is 0. The van der Waals surface area contributed by atoms with Gasteiger partial charge in [0, 0.05) is 47.3 Å². The molecule has 0 N–H and O–H groups in total. The second-order valence-electron chi connectivity index (χ2n) is 5.82. The topological polar surface area (TPSA) is 40.6 Å². The molecule has 2 aromatic carbocycles. The minimum absolute atomic E-state index is 0.441. The molecule has 0 aliphatic carbocycles. The van der Waals surface area contributed by atoms with Crippen molar-refractivity contribution in [1.29, 1.82) is 0 Å². The number of hydrogen-bond donors (Lipinski definition) is 0. The average molecular weight is 358 g/mol. The lowest BCUT2D eigenvalue weighted by Crippen LogP contribution is -2.48. The summed E-state index contributed by atoms with van der Waals surface area (Å²) in [5.41, 5.74) is 1.15. The van der Waals surface area contributed by atoms with Crippen LogP contribution in [0.1, 0.15) is 0 Å². The van der Waals surface area contributed by atoms with Gasteiger partial charge in [0.2, 0.25) is 10.0 Å². The Kier molecular flexibility index (Phi) is 4.04. The normalized spacial score (nSPS) is 16.6. The van der Waals surface area contributed by atoms with Gasteiger partial charge in [-0.3, -0.25) is 0 Å². The molecule has 0 bridgehead atoms. The van der Waals surface area contributed by atoms with Crippen molar-refractivity contribution in [2.24, 2.45) is 0 Å². The van der Waals surface area contributed by atoms with Crippen LogP contribution in [-0.2, 0) is 10.0 Å². The minimum atomic E-state index is -3.43. The van der Waals surface area contributed by atoms with E-state index in [4.69, 9.17) is 0 Å². The van der Waals surface area contributed by atoms with Crippen molar-refractivity contribution in [1.82, 2.24) is 4.31 Å². The van der Waals surface area contributed by atoms with E-state index in [2.05, 4.69) is 17.0 Å². The van der Waals surface area contributed by atoms with E-state index in [0.29, 0.717) is 31.1 Å². The largest absolute Gasteiger partial charge is 0.369 e. The smallest absolute Gasteiger partial charge is 0.244 e. The second-order valence-corrected chi connectivity index (χ2v) is 8.64. The molecule has 1 aliphatic rings. The van der Waals surface area contributed by atoms with Crippen LogP contribution in [0.25, 0.3) is 10.1 Å². The number of sulfonamides is 1. The summed E-state index contributed by atoms with van der Waals surface area (Å²) in [7, 11) is -3.43. The predicted octanol–water partition coefficient (Wildman–Crippen LogP) is 3.41. The SMILES string of the molecule is O=S(=O)(c1csc2ccccc12)N1CCN(c2ccccc2)CC1. The third-order valence-electron chi connectivity index (χ3n) is 4.42. The van der Waals surface area contributed by atoms with E-state index in [1.807, 2.05) is 42.5 Å². The second kappa shape index (κ2) is 6.20. The van der Waals surface area contributed by atoms with Crippen LogP contribution >= 0.6 is 11.3 Å². The first-order chi connectivity index (χ1) is 11.7. The van der Waals surface area contributed by atoms with E-state index in [0.717, 1.165) is 15.8 Å². The van der Waals surface area contributed by atoms with Crippen molar-refractivity contribution >= 4 is 37.1 Å². The van der Waals surface area contributed by atoms with Gasteiger partial charge in [-0.05, 0) is 18.2 Å². The number of fused-ring (bicyclic) bond motifs is 1. The standard InChI is InChI=1S/C18H18N2O2S2/c21-24(22,18-14-23-17-9-5-4-8-16(17)18)20-12-10-19(11-13-20)15-6-2-1-3-7-15/h1-9,14H,10-13H2. The zero-order valence-electron chi connectivity index (χ0n) is 13.1. The fourth-order valence-electron chi connectivity index (χ4n) is 3.12. The van der Waals surface area contributed by atoms with E-state index >= 15 is 0 Å². The Morgan fingerprint density at radius 1 is 0.833 bits per heavy atom. The van der Waals surface area contributed by atoms with Crippen LogP contribution in [0.5, 0.6) is 0 Å². The highest BCUT2D eigenvalue weighted by Gasteiger charge is 2.30. The predicted molar refractivity (Wildman–Crippen MR) is 99.2 cm³/mol. The van der Waals surface area contributed by atoms with Gasteiger partial charge >= 0.3 is 0 Å². The lowest BCUT2D eigenvalue weighted by molar-refractivity contribution is 0.385. The molecule has 0 spiro atoms. The van der Waals surface area contributed by atoms with Crippen LogP contribution in [-0.4, -0.2) is 38.9 Å². The zero-order chi connectivity index (χ0) is 16.6. The number of para-hydroxylation sites is 1. The maximum atomic E-state index is 13.0. The number of thiophene rings is 1. The molecule has 24 heavy (non-hydrogen) atoms. The first kappa shape index (κ1) is 15.6. The van der Waals surface area contributed by atoms with Crippen LogP contribution in [0, 0.1) is 0 Å². The first-order valence-electron chi connectivity index (χ1n) is 7.93. The molecule has 1 saturated heterocycles. The van der Waals surface area contributed by atoms with E-state index in [1.165, 1.54) is 11.3 Å². The monoisotopic (exact) mass is 358 g/mol. The molecule has 124 valence electrons. The Balaban J connectivity index is 1.56. The number of hydrogen-bond acceptors (Lipinski definition) is 4. The highest BCUT2D eigenvalue weighted by atomic mass is 32.2. The van der Waals surface area contributed by atoms with Gasteiger partial charge in [-0.15, -0.1) is 11.3 Å². The Morgan fingerprint density at radius 3 is 2.25 bits per heavy atom. The summed E-state index contributed by atoms with van der Waals surface area (Å²) in [6.07, 6.45) is 0. The van der Waals surface area contributed by atoms with Crippen LogP contribution in [0.2, 0.25) is 0 Å². The molecule has 0 radical (unpaired) electrons. The molecule has 0 amide bonds. The van der Waals surface area contributed by atoms with Crippen LogP contribution < -0.4 is 4.90 Å². The highest BCUT2D eigenvalue weighted by Crippen LogP contribution is 2.31. The summed E-state index contributed by atoms with van der Waals surface area (Å²) in [6, 6.07) is 17.8. The molecule has 2 heterocycles. The molecule has 3 aromatic rings. The number of nitrogens with zero attached hydrogens (tertiary/aromatic N) is 2. The van der Waals surface area contributed by atoms with Gasteiger partial charge in [0.15, 0.2) is 0 Å². The fourth-order valence-corrected chi connectivity index (χ4v) is 6.01. The third-order valence-corrected chi connectivity index (χ3v) is 7.47. The number of benzene rings is 2. The Labute approximate surface area is 146 Å². The quantitative estimate of drug-likeness (QED) is 0.720. The van der Waals surface area contributed by atoms with Crippen molar-refractivity contribution in [2.45, 2.75) is 4.90 Å². The van der Waals surface area contributed by atoms with Crippen LogP contribution in [0.15, 0.2) is 64.9 Å². The summed E-state index contributed by atoms with van der Waals surface area (Å²) < 4.78 is 28.7. The van der Waals surface area contributed by atoms with Gasteiger partial charge in [-0.25, -0.2) is 8.42 Å². The number of anilines is 1. The molecule has 0 unspecified atom stereocenters. The van der Waals surface area contributed by atoms with Crippen LogP contribution in [0.4, 0.5) is 5.69 Å². The number of rotatable bonds is 3. The molecule has 1 fully saturated rings. The highest BCUT2D eigenvalue weighted by molar-refractivity contribution is 7.89. The van der Waals surface area contributed by atoms with Crippen molar-refractivity contribution in [2.75, 3.05) is 31.1 Å². The van der Waals surface area contributed by atoms with Crippen molar-refractivity contribution in [3.05, 3.63) is 60.0 Å². The molecule has 1 aliphatic heterocycles. The molecule has 4 nitrogen and oxygen atoms in total. The Hall–Kier alpha value is -1.89. The van der Waals surface area contributed by atoms with E-state index < -0.39 is 10.0 Å². The van der Waals surface area contributed by atoms with Crippen molar-refractivity contribution < 1.29 is 8.42 Å². The van der Waals surface area contributed by atoms with Crippen LogP contribution in [0.3, 0.4) is 0 Å². The lowest BCUT2D eigenvalue weighted by atomic mass is 10.2. The van der Waals surface area contributed by atoms with Crippen molar-refractivity contribution in [3.8, 4) is 0 Å². The van der Waals surface area contributed by atoms with E-state index in [1.54, 1.807) is 9.69 Å². The van der Waals surface area contributed by atoms with Gasteiger partial charge in [-0.2, -0.15) is 4.31 Å². The van der Waals surface area contributed by atoms with Gasteiger partial charge in [0.25, 0.3) is 0 Å². The lowest BCUT2D eigenvalue weighted by Gasteiger charge is -2.35. The van der Waals surface area contributed by atoms with Gasteiger partial charge < -0.3 is 4.90 Å². The maximum absolute atomic E-state index is 13.0. The van der Waals surface area contributed by atoms with Gasteiger partial charge in [0.05, 0.1) is 0 Å². The average Bonchev–Trinajstić information content (AvgIpc) is 3.07. The summed E-state index contributed by atoms with van der Waals surface area (Å²) in [4.78, 5) is 2.67. The van der Waals surface area contributed by atoms with Gasteiger partial charge in [-0.1, -0.05) is 36.4 Å². The fraction of sp³-hybridized carbons (Fsp3) is 0.222. The minimum Gasteiger partial charge on any atom is -0.369 e. The molecule has 1 aromatic heterocycles. The molecule has 6 heteroatoms. The number of piperazine rings is 1. The van der Waals surface area contributed by atoms with Gasteiger partial charge in [0.1, 0.15) is 4.90 Å². The summed E-state index contributed by atoms with van der Waals surface area (Å²) >= 11 is 1.49. The molecule has 0 saturated carbocycles. The summed E-state index contributed by atoms with van der Waals surface area (Å²) in [5, 5.41) is 2.59. The Morgan fingerprint density at radius 2 is 1.50 bits per heavy atom. The van der Waals surface area contributed by atoms with E-state index in [9.17, 15) is 8.42 Å². The third kappa shape index (κ3) is 2.70. The molecular weight excluding hydrogens is 340 g/mol. The summed E-state index contributed by atoms with van der Waals surface area (Å²) in [6.45, 7) is 2.46. The maximum Gasteiger partial charge on any atom is 0.244 e. The Bertz CT molecular complexity index is 943. The van der Waals surface area contributed by atoms with Crippen molar-refractivity contribution in [3.63, 3.8) is 0 Å². The zero-order valence-corrected chi connectivity index (χ0v) is 14.8. The molecule has 0 atom stereocenters. The molecular formula is C18H18N2O2S2. The molecule has 4 rings (SSSR count).